The third-order valence-corrected chi connectivity index (χ3v) is 4.59. The summed E-state index contributed by atoms with van der Waals surface area (Å²) in [6.45, 7) is 7.64. The Morgan fingerprint density at radius 3 is 2.55 bits per heavy atom. The second-order valence-corrected chi connectivity index (χ2v) is 6.78. The van der Waals surface area contributed by atoms with Crippen LogP contribution >= 0.6 is 0 Å². The highest BCUT2D eigenvalue weighted by molar-refractivity contribution is 5.85. The summed E-state index contributed by atoms with van der Waals surface area (Å²) >= 11 is 0. The molecule has 0 N–H and O–H groups in total. The number of rotatable bonds is 8. The summed E-state index contributed by atoms with van der Waals surface area (Å²) in [4.78, 5) is 22.4. The van der Waals surface area contributed by atoms with Gasteiger partial charge in [0, 0.05) is 17.7 Å². The summed E-state index contributed by atoms with van der Waals surface area (Å²) in [5, 5.41) is 0. The van der Waals surface area contributed by atoms with Crippen molar-refractivity contribution in [2.24, 2.45) is 0 Å². The molecular weight excluding hydrogens is 396 g/mol. The van der Waals surface area contributed by atoms with Gasteiger partial charge in [0.25, 0.3) is 0 Å². The van der Waals surface area contributed by atoms with E-state index in [-0.39, 0.29) is 6.79 Å². The molecule has 1 aliphatic heterocycles. The third kappa shape index (κ3) is 6.42. The molecule has 31 heavy (non-hydrogen) atoms. The van der Waals surface area contributed by atoms with Gasteiger partial charge in [-0.25, -0.2) is 9.59 Å². The Morgan fingerprint density at radius 2 is 1.81 bits per heavy atom. The molecule has 0 fully saturated rings. The highest BCUT2D eigenvalue weighted by Crippen LogP contribution is 2.29. The number of fused-ring (bicyclic) bond motifs is 1. The first-order chi connectivity index (χ1) is 15.1. The van der Waals surface area contributed by atoms with E-state index < -0.39 is 11.9 Å². The van der Waals surface area contributed by atoms with Crippen molar-refractivity contribution in [3.8, 4) is 11.5 Å². The molecule has 0 amide bonds. The normalized spacial score (nSPS) is 12.8. The van der Waals surface area contributed by atoms with E-state index in [1.807, 2.05) is 36.4 Å². The maximum Gasteiger partial charge on any atom is 0.335 e. The molecule has 0 saturated carbocycles. The zero-order chi connectivity index (χ0) is 22.1. The predicted molar refractivity (Wildman–Crippen MR) is 118 cm³/mol. The molecule has 2 aromatic rings. The van der Waals surface area contributed by atoms with Gasteiger partial charge in [-0.1, -0.05) is 37.4 Å². The fourth-order valence-electron chi connectivity index (χ4n) is 3.03. The number of hydrogen-bond acceptors (Lipinski definition) is 6. The number of aryl methyl sites for hydroxylation is 1. The van der Waals surface area contributed by atoms with E-state index in [1.54, 1.807) is 12.1 Å². The molecule has 0 unspecified atom stereocenters. The van der Waals surface area contributed by atoms with Crippen LogP contribution in [0.1, 0.15) is 23.1 Å². The minimum Gasteiger partial charge on any atom is -0.467 e. The topological polar surface area (TPSA) is 71.1 Å². The largest absolute Gasteiger partial charge is 0.467 e. The SMILES string of the molecule is C=CC(=O)OCCCc1ccc2c(c1)OCOCC(c1ccc(OC(=O)C=C)cc1)=C2. The van der Waals surface area contributed by atoms with E-state index in [0.717, 1.165) is 46.6 Å². The van der Waals surface area contributed by atoms with E-state index >= 15 is 0 Å². The van der Waals surface area contributed by atoms with Gasteiger partial charge in [-0.15, -0.1) is 0 Å². The van der Waals surface area contributed by atoms with Gasteiger partial charge >= 0.3 is 11.9 Å². The van der Waals surface area contributed by atoms with Gasteiger partial charge < -0.3 is 18.9 Å². The smallest absolute Gasteiger partial charge is 0.335 e. The van der Waals surface area contributed by atoms with Crippen LogP contribution in [-0.2, 0) is 25.5 Å². The molecule has 0 bridgehead atoms. The third-order valence-electron chi connectivity index (χ3n) is 4.59. The maximum atomic E-state index is 11.3. The summed E-state index contributed by atoms with van der Waals surface area (Å²) in [5.41, 5.74) is 3.97. The van der Waals surface area contributed by atoms with Crippen LogP contribution in [0.5, 0.6) is 11.5 Å². The highest BCUT2D eigenvalue weighted by Gasteiger charge is 2.12. The molecule has 0 atom stereocenters. The van der Waals surface area contributed by atoms with Crippen LogP contribution < -0.4 is 9.47 Å². The Balaban J connectivity index is 1.72. The molecule has 0 radical (unpaired) electrons. The lowest BCUT2D eigenvalue weighted by Crippen LogP contribution is -2.09. The molecule has 3 rings (SSSR count). The van der Waals surface area contributed by atoms with E-state index in [9.17, 15) is 9.59 Å². The Bertz CT molecular complexity index is 988. The van der Waals surface area contributed by atoms with Crippen LogP contribution in [0.25, 0.3) is 11.6 Å². The fraction of sp³-hybridized carbons (Fsp3) is 0.200. The molecule has 0 aromatic heterocycles. The molecule has 1 aliphatic rings. The first-order valence-electron chi connectivity index (χ1n) is 9.87. The van der Waals surface area contributed by atoms with Crippen molar-refractivity contribution in [3.63, 3.8) is 0 Å². The van der Waals surface area contributed by atoms with Crippen molar-refractivity contribution >= 4 is 23.6 Å². The van der Waals surface area contributed by atoms with Crippen LogP contribution in [-0.4, -0.2) is 31.9 Å². The van der Waals surface area contributed by atoms with Crippen molar-refractivity contribution in [1.82, 2.24) is 0 Å². The second-order valence-electron chi connectivity index (χ2n) is 6.78. The number of carbonyl (C=O) groups is 2. The lowest BCUT2D eigenvalue weighted by atomic mass is 10.0. The maximum absolute atomic E-state index is 11.3. The summed E-state index contributed by atoms with van der Waals surface area (Å²) < 4.78 is 21.5. The van der Waals surface area contributed by atoms with Gasteiger partial charge in [0.1, 0.15) is 11.5 Å². The van der Waals surface area contributed by atoms with Gasteiger partial charge in [-0.2, -0.15) is 0 Å². The Morgan fingerprint density at radius 1 is 1.03 bits per heavy atom. The van der Waals surface area contributed by atoms with Crippen LogP contribution in [0.15, 0.2) is 67.8 Å². The van der Waals surface area contributed by atoms with Crippen molar-refractivity contribution in [3.05, 3.63) is 84.5 Å². The zero-order valence-corrected chi connectivity index (χ0v) is 17.2. The van der Waals surface area contributed by atoms with Gasteiger partial charge in [0.15, 0.2) is 6.79 Å². The second kappa shape index (κ2) is 10.9. The number of esters is 2. The van der Waals surface area contributed by atoms with Crippen LogP contribution in [0.3, 0.4) is 0 Å². The first-order valence-corrected chi connectivity index (χ1v) is 9.87. The summed E-state index contributed by atoms with van der Waals surface area (Å²) in [5.74, 6) is 0.271. The summed E-state index contributed by atoms with van der Waals surface area (Å²) in [7, 11) is 0. The molecule has 0 saturated heterocycles. The van der Waals surface area contributed by atoms with E-state index in [4.69, 9.17) is 18.9 Å². The van der Waals surface area contributed by atoms with Crippen molar-refractivity contribution in [1.29, 1.82) is 0 Å². The van der Waals surface area contributed by atoms with Crippen molar-refractivity contribution < 1.29 is 28.5 Å². The lowest BCUT2D eigenvalue weighted by molar-refractivity contribution is -0.137. The fourth-order valence-corrected chi connectivity index (χ4v) is 3.03. The van der Waals surface area contributed by atoms with Crippen molar-refractivity contribution in [2.45, 2.75) is 12.8 Å². The van der Waals surface area contributed by atoms with Crippen LogP contribution in [0.4, 0.5) is 0 Å². The predicted octanol–water partition coefficient (Wildman–Crippen LogP) is 4.35. The van der Waals surface area contributed by atoms with E-state index in [2.05, 4.69) is 13.2 Å². The Labute approximate surface area is 181 Å². The van der Waals surface area contributed by atoms with Crippen LogP contribution in [0, 0.1) is 0 Å². The van der Waals surface area contributed by atoms with Crippen LogP contribution in [0.2, 0.25) is 0 Å². The average molecular weight is 420 g/mol. The molecule has 1 heterocycles. The van der Waals surface area contributed by atoms with Gasteiger partial charge in [0.05, 0.1) is 13.2 Å². The molecule has 6 nitrogen and oxygen atoms in total. The molecule has 160 valence electrons. The molecule has 2 aromatic carbocycles. The highest BCUT2D eigenvalue weighted by atomic mass is 16.7. The van der Waals surface area contributed by atoms with Crippen molar-refractivity contribution in [2.75, 3.05) is 20.0 Å². The molecule has 6 heteroatoms. The average Bonchev–Trinajstić information content (AvgIpc) is 2.78. The Hall–Kier alpha value is -3.64. The lowest BCUT2D eigenvalue weighted by Gasteiger charge is -2.17. The summed E-state index contributed by atoms with van der Waals surface area (Å²) in [6, 6.07) is 13.2. The minimum atomic E-state index is -0.498. The number of ether oxygens (including phenoxy) is 4. The minimum absolute atomic E-state index is 0.139. The van der Waals surface area contributed by atoms with Gasteiger partial charge in [-0.05, 0) is 53.8 Å². The summed E-state index contributed by atoms with van der Waals surface area (Å²) in [6.07, 6.45) is 5.76. The molecular formula is C25H24O6. The quantitative estimate of drug-likeness (QED) is 0.274. The van der Waals surface area contributed by atoms with Gasteiger partial charge in [0.2, 0.25) is 0 Å². The van der Waals surface area contributed by atoms with E-state index in [0.29, 0.717) is 25.4 Å². The first kappa shape index (κ1) is 22.1. The van der Waals surface area contributed by atoms with Gasteiger partial charge in [-0.3, -0.25) is 0 Å². The zero-order valence-electron chi connectivity index (χ0n) is 17.2. The molecule has 0 aliphatic carbocycles. The number of benzene rings is 2. The Kier molecular flexibility index (Phi) is 7.79. The standard InChI is InChI=1S/C25H24O6/c1-3-24(26)29-13-5-6-18-7-8-20-15-21(16-28-17-30-23(20)14-18)19-9-11-22(12-10-19)31-25(27)4-2/h3-4,7-12,14-15H,1-2,5-6,13,16-17H2. The van der Waals surface area contributed by atoms with E-state index in [1.165, 1.54) is 0 Å². The molecule has 0 spiro atoms. The monoisotopic (exact) mass is 420 g/mol. The number of hydrogen-bond donors (Lipinski definition) is 0. The number of carbonyl (C=O) groups excluding carboxylic acids is 2.